The van der Waals surface area contributed by atoms with Crippen LogP contribution in [0.15, 0.2) is 18.2 Å². The van der Waals surface area contributed by atoms with E-state index in [0.717, 1.165) is 52.1 Å². The van der Waals surface area contributed by atoms with E-state index in [1.165, 1.54) is 11.3 Å². The summed E-state index contributed by atoms with van der Waals surface area (Å²) in [4.78, 5) is 24.2. The summed E-state index contributed by atoms with van der Waals surface area (Å²) >= 11 is 1.45. The van der Waals surface area contributed by atoms with E-state index >= 15 is 0 Å². The normalized spacial score (nSPS) is 14.5. The Morgan fingerprint density at radius 2 is 2.03 bits per heavy atom. The van der Waals surface area contributed by atoms with E-state index in [-0.39, 0.29) is 11.9 Å². The molecule has 0 aliphatic heterocycles. The van der Waals surface area contributed by atoms with Gasteiger partial charge in [-0.2, -0.15) is 0 Å². The van der Waals surface area contributed by atoms with Crippen molar-refractivity contribution in [3.63, 3.8) is 0 Å². The molecule has 3 aromatic rings. The summed E-state index contributed by atoms with van der Waals surface area (Å²) < 4.78 is 11.2. The third-order valence-corrected chi connectivity index (χ3v) is 6.82. The number of nitrogens with zero attached hydrogens (tertiary/aromatic N) is 2. The molecule has 1 fully saturated rings. The summed E-state index contributed by atoms with van der Waals surface area (Å²) in [6, 6.07) is 5.61. The van der Waals surface area contributed by atoms with Crippen molar-refractivity contribution in [3.8, 4) is 11.5 Å². The van der Waals surface area contributed by atoms with E-state index in [2.05, 4.69) is 12.2 Å². The smallest absolute Gasteiger partial charge is 0.262 e. The summed E-state index contributed by atoms with van der Waals surface area (Å²) in [6.45, 7) is 8.66. The number of carbonyl (C=O) groups excluding carboxylic acids is 1. The van der Waals surface area contributed by atoms with E-state index in [4.69, 9.17) is 19.4 Å². The van der Waals surface area contributed by atoms with Gasteiger partial charge < -0.3 is 14.8 Å². The minimum Gasteiger partial charge on any atom is -0.493 e. The molecule has 2 heterocycles. The second-order valence-electron chi connectivity index (χ2n) is 8.13. The molecular weight excluding hydrogens is 410 g/mol. The van der Waals surface area contributed by atoms with Crippen molar-refractivity contribution in [3.05, 3.63) is 45.7 Å². The van der Waals surface area contributed by atoms with Crippen molar-refractivity contribution in [2.45, 2.75) is 58.9 Å². The summed E-state index contributed by atoms with van der Waals surface area (Å²) in [7, 11) is 1.63. The highest BCUT2D eigenvalue weighted by atomic mass is 32.1. The van der Waals surface area contributed by atoms with E-state index in [9.17, 15) is 4.79 Å². The number of fused-ring (bicyclic) bond motifs is 1. The maximum Gasteiger partial charge on any atom is 0.262 e. The maximum absolute atomic E-state index is 13.1. The Morgan fingerprint density at radius 3 is 2.71 bits per heavy atom. The number of benzene rings is 1. The molecule has 1 aliphatic rings. The van der Waals surface area contributed by atoms with Gasteiger partial charge in [0.2, 0.25) is 0 Å². The molecular formula is C24H29N3O3S. The van der Waals surface area contributed by atoms with Crippen LogP contribution in [0, 0.1) is 13.8 Å². The molecule has 0 bridgehead atoms. The molecule has 1 N–H and O–H groups in total. The molecule has 1 aliphatic carbocycles. The number of hydrogen-bond donors (Lipinski definition) is 1. The van der Waals surface area contributed by atoms with Gasteiger partial charge in [-0.1, -0.05) is 13.0 Å². The van der Waals surface area contributed by atoms with Gasteiger partial charge in [0.05, 0.1) is 30.3 Å². The number of hydrogen-bond acceptors (Lipinski definition) is 6. The van der Waals surface area contributed by atoms with E-state index in [1.54, 1.807) is 7.11 Å². The first-order valence-electron chi connectivity index (χ1n) is 10.8. The Kier molecular flexibility index (Phi) is 6.14. The molecule has 6 nitrogen and oxygen atoms in total. The van der Waals surface area contributed by atoms with Gasteiger partial charge in [-0.05, 0) is 63.3 Å². The van der Waals surface area contributed by atoms with Gasteiger partial charge in [0.25, 0.3) is 5.91 Å². The van der Waals surface area contributed by atoms with Crippen LogP contribution in [0.2, 0.25) is 0 Å². The number of aromatic nitrogens is 2. The van der Waals surface area contributed by atoms with Gasteiger partial charge in [0, 0.05) is 11.3 Å². The number of methoxy groups -OCH3 is 1. The first-order chi connectivity index (χ1) is 14.9. The lowest BCUT2D eigenvalue weighted by Gasteiger charge is -2.17. The molecule has 0 radical (unpaired) electrons. The third kappa shape index (κ3) is 4.37. The molecule has 31 heavy (non-hydrogen) atoms. The van der Waals surface area contributed by atoms with Crippen molar-refractivity contribution >= 4 is 27.5 Å². The lowest BCUT2D eigenvalue weighted by atomic mass is 10.1. The predicted octanol–water partition coefficient (Wildman–Crippen LogP) is 5.47. The minimum atomic E-state index is -0.180. The highest BCUT2D eigenvalue weighted by Gasteiger charge is 2.28. The fraction of sp³-hybridized carbons (Fsp3) is 0.458. The Balaban J connectivity index is 1.55. The zero-order valence-electron chi connectivity index (χ0n) is 18.7. The van der Waals surface area contributed by atoms with Crippen molar-refractivity contribution < 1.29 is 14.3 Å². The summed E-state index contributed by atoms with van der Waals surface area (Å²) in [5.74, 6) is 2.70. The van der Waals surface area contributed by atoms with E-state index in [1.807, 2.05) is 39.0 Å². The summed E-state index contributed by atoms with van der Waals surface area (Å²) in [5, 5.41) is 4.13. The second-order valence-corrected chi connectivity index (χ2v) is 9.13. The highest BCUT2D eigenvalue weighted by Crippen LogP contribution is 2.40. The quantitative estimate of drug-likeness (QED) is 0.503. The molecule has 1 amide bonds. The molecule has 2 aromatic heterocycles. The maximum atomic E-state index is 13.1. The number of thiophene rings is 1. The number of carbonyl (C=O) groups is 1. The van der Waals surface area contributed by atoms with Gasteiger partial charge in [-0.25, -0.2) is 9.97 Å². The Hall–Kier alpha value is -2.67. The zero-order valence-corrected chi connectivity index (χ0v) is 19.6. The Bertz CT molecular complexity index is 1120. The molecule has 1 unspecified atom stereocenters. The van der Waals surface area contributed by atoms with Crippen molar-refractivity contribution in [2.75, 3.05) is 13.7 Å². The van der Waals surface area contributed by atoms with Gasteiger partial charge in [0.15, 0.2) is 11.5 Å². The van der Waals surface area contributed by atoms with Crippen LogP contribution in [-0.2, 0) is 0 Å². The number of rotatable bonds is 8. The second kappa shape index (κ2) is 8.83. The fourth-order valence-corrected chi connectivity index (χ4v) is 4.87. The lowest BCUT2D eigenvalue weighted by Crippen LogP contribution is -2.26. The monoisotopic (exact) mass is 439 g/mol. The number of ether oxygens (including phenoxy) is 2. The van der Waals surface area contributed by atoms with Gasteiger partial charge in [-0.15, -0.1) is 11.3 Å². The van der Waals surface area contributed by atoms with Crippen LogP contribution < -0.4 is 14.8 Å². The lowest BCUT2D eigenvalue weighted by molar-refractivity contribution is 0.0943. The number of nitrogens with one attached hydrogen (secondary N) is 1. The van der Waals surface area contributed by atoms with Crippen molar-refractivity contribution in [2.24, 2.45) is 0 Å². The molecule has 4 rings (SSSR count). The summed E-state index contributed by atoms with van der Waals surface area (Å²) in [5.41, 5.74) is 2.87. The molecule has 0 spiro atoms. The first-order valence-corrected chi connectivity index (χ1v) is 11.6. The average molecular weight is 440 g/mol. The fourth-order valence-electron chi connectivity index (χ4n) is 3.73. The Labute approximate surface area is 187 Å². The minimum absolute atomic E-state index is 0.0920. The number of amides is 1. The molecule has 164 valence electrons. The summed E-state index contributed by atoms with van der Waals surface area (Å²) in [6.07, 6.45) is 3.25. The van der Waals surface area contributed by atoms with Crippen LogP contribution in [0.3, 0.4) is 0 Å². The van der Waals surface area contributed by atoms with Gasteiger partial charge in [-0.3, -0.25) is 4.79 Å². The molecule has 1 atom stereocenters. The molecule has 0 saturated heterocycles. The van der Waals surface area contributed by atoms with Crippen LogP contribution in [0.4, 0.5) is 0 Å². The van der Waals surface area contributed by atoms with Crippen LogP contribution in [-0.4, -0.2) is 29.6 Å². The van der Waals surface area contributed by atoms with Crippen LogP contribution in [0.1, 0.15) is 77.4 Å². The first kappa shape index (κ1) is 21.6. The van der Waals surface area contributed by atoms with E-state index < -0.39 is 0 Å². The van der Waals surface area contributed by atoms with Crippen LogP contribution in [0.25, 0.3) is 10.2 Å². The third-order valence-electron chi connectivity index (χ3n) is 5.63. The van der Waals surface area contributed by atoms with Crippen LogP contribution >= 0.6 is 11.3 Å². The van der Waals surface area contributed by atoms with Crippen molar-refractivity contribution in [1.29, 1.82) is 0 Å². The predicted molar refractivity (Wildman–Crippen MR) is 124 cm³/mol. The standard InChI is InChI=1S/C24H29N3O3S/c1-6-11-30-18-10-9-17(12-19(18)29-5)14(3)26-23(28)21-13(2)20-15(4)25-22(16-7-8-16)27-24(20)31-21/h9-10,12,14,16H,6-8,11H2,1-5H3,(H,26,28). The van der Waals surface area contributed by atoms with Gasteiger partial charge in [0.1, 0.15) is 10.7 Å². The van der Waals surface area contributed by atoms with Gasteiger partial charge >= 0.3 is 0 Å². The van der Waals surface area contributed by atoms with Crippen LogP contribution in [0.5, 0.6) is 11.5 Å². The average Bonchev–Trinajstić information content (AvgIpc) is 3.55. The SMILES string of the molecule is CCCOc1ccc(C(C)NC(=O)c2sc3nc(C4CC4)nc(C)c3c2C)cc1OC. The zero-order chi connectivity index (χ0) is 22.1. The number of aryl methyl sites for hydroxylation is 2. The van der Waals surface area contributed by atoms with E-state index in [0.29, 0.717) is 28.9 Å². The largest absolute Gasteiger partial charge is 0.493 e. The topological polar surface area (TPSA) is 73.3 Å². The molecule has 1 saturated carbocycles. The van der Waals surface area contributed by atoms with Crippen molar-refractivity contribution in [1.82, 2.24) is 15.3 Å². The Morgan fingerprint density at radius 1 is 1.26 bits per heavy atom. The molecule has 1 aromatic carbocycles. The highest BCUT2D eigenvalue weighted by molar-refractivity contribution is 7.20. The molecule has 7 heteroatoms.